The van der Waals surface area contributed by atoms with E-state index in [0.717, 1.165) is 0 Å². The molecule has 0 bridgehead atoms. The average molecular weight is 161 g/mol. The molecule has 4 N–H and O–H groups in total. The number of likely N-dealkylation sites (N-methyl/N-ethyl adjacent to an activating group) is 1. The van der Waals surface area contributed by atoms with Gasteiger partial charge in [-0.25, -0.2) is 9.80 Å². The van der Waals surface area contributed by atoms with E-state index in [2.05, 4.69) is 5.43 Å². The molecule has 0 aromatic carbocycles. The van der Waals surface area contributed by atoms with Crippen molar-refractivity contribution in [3.63, 3.8) is 0 Å². The number of hydrazine groups is 1. The monoisotopic (exact) mass is 161 g/mol. The first kappa shape index (κ1) is 10.3. The van der Waals surface area contributed by atoms with E-state index in [1.54, 1.807) is 0 Å². The zero-order valence-electron chi connectivity index (χ0n) is 6.87. The van der Waals surface area contributed by atoms with Gasteiger partial charge in [0.05, 0.1) is 0 Å². The van der Waals surface area contributed by atoms with E-state index in [1.165, 1.54) is 5.01 Å². The lowest BCUT2D eigenvalue weighted by molar-refractivity contribution is -0.144. The van der Waals surface area contributed by atoms with Crippen LogP contribution in [0.3, 0.4) is 0 Å². The van der Waals surface area contributed by atoms with Crippen molar-refractivity contribution in [2.24, 2.45) is 5.73 Å². The molecule has 0 saturated carbocycles. The van der Waals surface area contributed by atoms with Gasteiger partial charge in [-0.2, -0.15) is 0 Å². The highest BCUT2D eigenvalue weighted by Gasteiger charge is 2.17. The highest BCUT2D eigenvalue weighted by atomic mass is 16.4. The molecule has 0 aliphatic rings. The molecular weight excluding hydrogens is 146 g/mol. The Kier molecular flexibility index (Phi) is 4.76. The second kappa shape index (κ2) is 5.06. The summed E-state index contributed by atoms with van der Waals surface area (Å²) in [4.78, 5) is 10.4. The molecule has 5 heteroatoms. The maximum Gasteiger partial charge on any atom is 0.336 e. The maximum absolute atomic E-state index is 10.4. The van der Waals surface area contributed by atoms with Crippen molar-refractivity contribution in [1.29, 1.82) is 0 Å². The molecule has 0 rings (SSSR count). The minimum Gasteiger partial charge on any atom is -0.479 e. The fourth-order valence-electron chi connectivity index (χ4n) is 0.743. The van der Waals surface area contributed by atoms with Crippen molar-refractivity contribution in [2.45, 2.75) is 20.0 Å². The van der Waals surface area contributed by atoms with Gasteiger partial charge >= 0.3 is 5.97 Å². The summed E-state index contributed by atoms with van der Waals surface area (Å²) >= 11 is 0. The van der Waals surface area contributed by atoms with Crippen LogP contribution in [-0.4, -0.2) is 35.3 Å². The first-order valence-electron chi connectivity index (χ1n) is 3.62. The Morgan fingerprint density at radius 1 is 1.73 bits per heavy atom. The third-order valence-corrected chi connectivity index (χ3v) is 1.29. The molecule has 11 heavy (non-hydrogen) atoms. The van der Waals surface area contributed by atoms with Gasteiger partial charge in [-0.05, 0) is 0 Å². The highest BCUT2D eigenvalue weighted by Crippen LogP contribution is 1.87. The smallest absolute Gasteiger partial charge is 0.336 e. The molecule has 5 nitrogen and oxygen atoms in total. The van der Waals surface area contributed by atoms with Gasteiger partial charge < -0.3 is 10.8 Å². The van der Waals surface area contributed by atoms with Crippen LogP contribution in [0.1, 0.15) is 13.8 Å². The summed E-state index contributed by atoms with van der Waals surface area (Å²) in [6.07, 6.45) is -0.958. The number of hydrogen-bond acceptors (Lipinski definition) is 4. The van der Waals surface area contributed by atoms with Gasteiger partial charge in [0.15, 0.2) is 6.17 Å². The predicted molar refractivity (Wildman–Crippen MR) is 41.7 cm³/mol. The van der Waals surface area contributed by atoms with Gasteiger partial charge in [0.25, 0.3) is 0 Å². The average Bonchev–Trinajstić information content (AvgIpc) is 1.98. The van der Waals surface area contributed by atoms with Crippen LogP contribution in [-0.2, 0) is 4.79 Å². The molecule has 0 fully saturated rings. The normalized spacial score (nSPS) is 13.5. The Bertz CT molecular complexity index is 129. The molecule has 66 valence electrons. The van der Waals surface area contributed by atoms with Crippen LogP contribution in [0.2, 0.25) is 0 Å². The quantitative estimate of drug-likeness (QED) is 0.363. The van der Waals surface area contributed by atoms with E-state index in [9.17, 15) is 4.79 Å². The van der Waals surface area contributed by atoms with Crippen molar-refractivity contribution in [2.75, 3.05) is 13.1 Å². The molecule has 0 aromatic heterocycles. The summed E-state index contributed by atoms with van der Waals surface area (Å²) in [5.41, 5.74) is 8.16. The van der Waals surface area contributed by atoms with Crippen molar-refractivity contribution >= 4 is 5.97 Å². The Morgan fingerprint density at radius 2 is 2.27 bits per heavy atom. The number of nitrogens with two attached hydrogens (primary N) is 1. The standard InChI is InChI=1S/C6H15N3O2/c1-3-8-9(4-2)5(7)6(10)11/h5,8H,3-4,7H2,1-2H3,(H,10,11). The van der Waals surface area contributed by atoms with Gasteiger partial charge in [-0.1, -0.05) is 13.8 Å². The summed E-state index contributed by atoms with van der Waals surface area (Å²) < 4.78 is 0. The van der Waals surface area contributed by atoms with Gasteiger partial charge in [-0.15, -0.1) is 0 Å². The molecule has 1 atom stereocenters. The maximum atomic E-state index is 10.4. The van der Waals surface area contributed by atoms with Crippen molar-refractivity contribution in [1.82, 2.24) is 10.4 Å². The third-order valence-electron chi connectivity index (χ3n) is 1.29. The molecular formula is C6H15N3O2. The number of carboxylic acid groups (broad SMARTS) is 1. The molecule has 0 saturated heterocycles. The molecule has 0 radical (unpaired) electrons. The van der Waals surface area contributed by atoms with E-state index in [4.69, 9.17) is 10.8 Å². The van der Waals surface area contributed by atoms with Crippen LogP contribution in [0.15, 0.2) is 0 Å². The van der Waals surface area contributed by atoms with E-state index in [0.29, 0.717) is 13.1 Å². The van der Waals surface area contributed by atoms with Crippen LogP contribution >= 0.6 is 0 Å². The van der Waals surface area contributed by atoms with Crippen LogP contribution < -0.4 is 11.2 Å². The molecule has 0 aromatic rings. The van der Waals surface area contributed by atoms with Crippen molar-refractivity contribution < 1.29 is 9.90 Å². The Hall–Kier alpha value is -0.650. The third kappa shape index (κ3) is 3.31. The molecule has 0 aliphatic heterocycles. The topological polar surface area (TPSA) is 78.6 Å². The summed E-state index contributed by atoms with van der Waals surface area (Å²) in [6, 6.07) is 0. The van der Waals surface area contributed by atoms with Crippen LogP contribution in [0.25, 0.3) is 0 Å². The van der Waals surface area contributed by atoms with E-state index in [1.807, 2.05) is 13.8 Å². The molecule has 1 unspecified atom stereocenters. The molecule has 0 spiro atoms. The minimum atomic E-state index is -1.02. The van der Waals surface area contributed by atoms with Gasteiger partial charge in [0, 0.05) is 13.1 Å². The fraction of sp³-hybridized carbons (Fsp3) is 0.833. The summed E-state index contributed by atoms with van der Waals surface area (Å²) in [6.45, 7) is 4.97. The number of carbonyl (C=O) groups is 1. The minimum absolute atomic E-state index is 0.571. The summed E-state index contributed by atoms with van der Waals surface area (Å²) in [7, 11) is 0. The molecule has 0 aliphatic carbocycles. The van der Waals surface area contributed by atoms with Crippen LogP contribution in [0.4, 0.5) is 0 Å². The Labute approximate surface area is 66.1 Å². The lowest BCUT2D eigenvalue weighted by Gasteiger charge is -2.24. The first-order chi connectivity index (χ1) is 5.13. The van der Waals surface area contributed by atoms with Crippen molar-refractivity contribution in [3.05, 3.63) is 0 Å². The number of hydrogen-bond donors (Lipinski definition) is 3. The highest BCUT2D eigenvalue weighted by molar-refractivity contribution is 5.72. The van der Waals surface area contributed by atoms with E-state index >= 15 is 0 Å². The lowest BCUT2D eigenvalue weighted by atomic mass is 10.5. The lowest BCUT2D eigenvalue weighted by Crippen LogP contribution is -2.54. The molecule has 0 amide bonds. The van der Waals surface area contributed by atoms with Gasteiger partial charge in [-0.3, -0.25) is 5.43 Å². The number of rotatable bonds is 5. The second-order valence-electron chi connectivity index (χ2n) is 2.08. The summed E-state index contributed by atoms with van der Waals surface area (Å²) in [5.74, 6) is -1.02. The Balaban J connectivity index is 3.91. The van der Waals surface area contributed by atoms with Gasteiger partial charge in [0.1, 0.15) is 0 Å². The second-order valence-corrected chi connectivity index (χ2v) is 2.08. The Morgan fingerprint density at radius 3 is 2.55 bits per heavy atom. The number of aliphatic carboxylic acids is 1. The molecule has 0 heterocycles. The number of carboxylic acids is 1. The summed E-state index contributed by atoms with van der Waals surface area (Å²) in [5, 5.41) is 9.98. The zero-order chi connectivity index (χ0) is 8.85. The number of nitrogens with zero attached hydrogens (tertiary/aromatic N) is 1. The van der Waals surface area contributed by atoms with E-state index in [-0.39, 0.29) is 0 Å². The van der Waals surface area contributed by atoms with Crippen LogP contribution in [0, 0.1) is 0 Å². The van der Waals surface area contributed by atoms with E-state index < -0.39 is 12.1 Å². The van der Waals surface area contributed by atoms with Crippen LogP contribution in [0.5, 0.6) is 0 Å². The first-order valence-corrected chi connectivity index (χ1v) is 3.62. The number of nitrogens with one attached hydrogen (secondary N) is 1. The van der Waals surface area contributed by atoms with Gasteiger partial charge in [0.2, 0.25) is 0 Å². The fourth-order valence-corrected chi connectivity index (χ4v) is 0.743. The zero-order valence-corrected chi connectivity index (χ0v) is 6.87. The predicted octanol–water partition coefficient (Wildman–Crippen LogP) is -0.798. The largest absolute Gasteiger partial charge is 0.479 e. The van der Waals surface area contributed by atoms with Crippen molar-refractivity contribution in [3.8, 4) is 0 Å². The SMILES string of the molecule is CCNN(CC)C(N)C(=O)O.